The molecule has 0 aromatic carbocycles. The molecule has 1 N–H and O–H groups in total. The van der Waals surface area contributed by atoms with E-state index in [0.29, 0.717) is 0 Å². The van der Waals surface area contributed by atoms with Crippen molar-refractivity contribution in [3.63, 3.8) is 0 Å². The number of nitrogens with zero attached hydrogens (tertiary/aromatic N) is 2. The molecule has 0 aliphatic carbocycles. The van der Waals surface area contributed by atoms with E-state index in [1.54, 1.807) is 11.3 Å². The summed E-state index contributed by atoms with van der Waals surface area (Å²) in [6.45, 7) is 6.31. The van der Waals surface area contributed by atoms with E-state index in [9.17, 15) is 0 Å². The molecule has 0 aliphatic heterocycles. The van der Waals surface area contributed by atoms with Crippen molar-refractivity contribution in [1.29, 1.82) is 0 Å². The number of likely N-dealkylation sites (N-methyl/N-ethyl adjacent to an activating group) is 1. The molecule has 4 heteroatoms. The van der Waals surface area contributed by atoms with Gasteiger partial charge in [0.1, 0.15) is 5.01 Å². The van der Waals surface area contributed by atoms with E-state index in [1.807, 2.05) is 11.6 Å². The molecule has 0 bridgehead atoms. The number of rotatable bonds is 6. The van der Waals surface area contributed by atoms with Crippen LogP contribution < -0.4 is 5.32 Å². The second kappa shape index (κ2) is 6.07. The normalized spacial score (nSPS) is 11.0. The maximum absolute atomic E-state index is 4.20. The first-order valence-electron chi connectivity index (χ1n) is 4.60. The SMILES string of the molecule is CCN(C)CCNCc1nccs1. The van der Waals surface area contributed by atoms with Crippen LogP contribution in [0, 0.1) is 0 Å². The summed E-state index contributed by atoms with van der Waals surface area (Å²) in [6.07, 6.45) is 1.85. The molecule has 1 aromatic heterocycles. The maximum atomic E-state index is 4.20. The van der Waals surface area contributed by atoms with Gasteiger partial charge in [-0.2, -0.15) is 0 Å². The van der Waals surface area contributed by atoms with Gasteiger partial charge in [-0.3, -0.25) is 0 Å². The van der Waals surface area contributed by atoms with Crippen molar-refractivity contribution >= 4 is 11.3 Å². The predicted molar refractivity (Wildman–Crippen MR) is 57.0 cm³/mol. The number of aromatic nitrogens is 1. The molecule has 3 nitrogen and oxygen atoms in total. The summed E-state index contributed by atoms with van der Waals surface area (Å²) in [4.78, 5) is 6.48. The largest absolute Gasteiger partial charge is 0.309 e. The van der Waals surface area contributed by atoms with Crippen molar-refractivity contribution in [2.75, 3.05) is 26.7 Å². The number of nitrogens with one attached hydrogen (secondary N) is 1. The summed E-state index contributed by atoms with van der Waals surface area (Å²) >= 11 is 1.70. The fourth-order valence-corrected chi connectivity index (χ4v) is 1.55. The standard InChI is InChI=1S/C9H17N3S/c1-3-12(2)6-4-10-8-9-11-5-7-13-9/h5,7,10H,3-4,6,8H2,1-2H3. The molecular weight excluding hydrogens is 182 g/mol. The van der Waals surface area contributed by atoms with Gasteiger partial charge in [0.15, 0.2) is 0 Å². The predicted octanol–water partition coefficient (Wildman–Crippen LogP) is 1.18. The Morgan fingerprint density at radius 1 is 1.62 bits per heavy atom. The van der Waals surface area contributed by atoms with Crippen molar-refractivity contribution in [2.45, 2.75) is 13.5 Å². The summed E-state index contributed by atoms with van der Waals surface area (Å²) in [5.41, 5.74) is 0. The molecule has 0 atom stereocenters. The lowest BCUT2D eigenvalue weighted by Crippen LogP contribution is -2.28. The lowest BCUT2D eigenvalue weighted by atomic mass is 10.5. The van der Waals surface area contributed by atoms with Crippen LogP contribution in [0.25, 0.3) is 0 Å². The second-order valence-corrected chi connectivity index (χ2v) is 3.98. The van der Waals surface area contributed by atoms with Crippen LogP contribution in [0.1, 0.15) is 11.9 Å². The van der Waals surface area contributed by atoms with Crippen LogP contribution in [0.2, 0.25) is 0 Å². The molecule has 13 heavy (non-hydrogen) atoms. The zero-order chi connectivity index (χ0) is 9.52. The minimum Gasteiger partial charge on any atom is -0.309 e. The van der Waals surface area contributed by atoms with E-state index >= 15 is 0 Å². The molecule has 0 radical (unpaired) electrons. The molecule has 0 amide bonds. The highest BCUT2D eigenvalue weighted by Gasteiger charge is 1.95. The average Bonchev–Trinajstić information content (AvgIpc) is 2.64. The van der Waals surface area contributed by atoms with E-state index in [1.165, 1.54) is 5.01 Å². The van der Waals surface area contributed by atoms with Crippen LogP contribution in [-0.4, -0.2) is 36.6 Å². The van der Waals surface area contributed by atoms with Gasteiger partial charge in [-0.25, -0.2) is 4.98 Å². The highest BCUT2D eigenvalue weighted by molar-refractivity contribution is 7.09. The molecule has 0 unspecified atom stereocenters. The van der Waals surface area contributed by atoms with Gasteiger partial charge in [-0.05, 0) is 13.6 Å². The number of hydrogen-bond donors (Lipinski definition) is 1. The Kier molecular flexibility index (Phi) is 4.97. The summed E-state index contributed by atoms with van der Waals surface area (Å²) in [6, 6.07) is 0. The van der Waals surface area contributed by atoms with Crippen molar-refractivity contribution in [3.05, 3.63) is 16.6 Å². The highest BCUT2D eigenvalue weighted by atomic mass is 32.1. The molecule has 0 saturated heterocycles. The van der Waals surface area contributed by atoms with Crippen molar-refractivity contribution in [3.8, 4) is 0 Å². The molecular formula is C9H17N3S. The first kappa shape index (κ1) is 10.6. The molecule has 0 spiro atoms. The van der Waals surface area contributed by atoms with Gasteiger partial charge in [0, 0.05) is 31.2 Å². The van der Waals surface area contributed by atoms with E-state index in [4.69, 9.17) is 0 Å². The van der Waals surface area contributed by atoms with E-state index < -0.39 is 0 Å². The average molecular weight is 199 g/mol. The van der Waals surface area contributed by atoms with Crippen LogP contribution in [0.15, 0.2) is 11.6 Å². The third-order valence-electron chi connectivity index (χ3n) is 1.97. The van der Waals surface area contributed by atoms with Crippen molar-refractivity contribution in [1.82, 2.24) is 15.2 Å². The van der Waals surface area contributed by atoms with Gasteiger partial charge < -0.3 is 10.2 Å². The Morgan fingerprint density at radius 2 is 2.46 bits per heavy atom. The molecule has 0 saturated carbocycles. The van der Waals surface area contributed by atoms with Crippen LogP contribution in [0.5, 0.6) is 0 Å². The molecule has 0 aliphatic rings. The summed E-state index contributed by atoms with van der Waals surface area (Å²) < 4.78 is 0. The Morgan fingerprint density at radius 3 is 3.08 bits per heavy atom. The van der Waals surface area contributed by atoms with Crippen LogP contribution >= 0.6 is 11.3 Å². The summed E-state index contributed by atoms with van der Waals surface area (Å²) in [5, 5.41) is 6.53. The van der Waals surface area contributed by atoms with E-state index in [-0.39, 0.29) is 0 Å². The van der Waals surface area contributed by atoms with Crippen LogP contribution in [0.3, 0.4) is 0 Å². The van der Waals surface area contributed by atoms with Gasteiger partial charge in [-0.15, -0.1) is 11.3 Å². The molecule has 74 valence electrons. The molecule has 1 aromatic rings. The zero-order valence-electron chi connectivity index (χ0n) is 8.29. The number of thiazole rings is 1. The Balaban J connectivity index is 2.02. The van der Waals surface area contributed by atoms with Crippen molar-refractivity contribution in [2.24, 2.45) is 0 Å². The summed E-state index contributed by atoms with van der Waals surface area (Å²) in [7, 11) is 2.13. The lowest BCUT2D eigenvalue weighted by Gasteiger charge is -2.13. The number of hydrogen-bond acceptors (Lipinski definition) is 4. The molecule has 0 fully saturated rings. The van der Waals surface area contributed by atoms with Gasteiger partial charge in [0.05, 0.1) is 0 Å². The van der Waals surface area contributed by atoms with Gasteiger partial charge in [0.2, 0.25) is 0 Å². The topological polar surface area (TPSA) is 28.2 Å². The van der Waals surface area contributed by atoms with Gasteiger partial charge >= 0.3 is 0 Å². The zero-order valence-corrected chi connectivity index (χ0v) is 9.10. The fourth-order valence-electron chi connectivity index (χ4n) is 0.964. The quantitative estimate of drug-likeness (QED) is 0.697. The third-order valence-corrected chi connectivity index (χ3v) is 2.75. The Labute approximate surface area is 83.8 Å². The molecule has 1 heterocycles. The minimum absolute atomic E-state index is 0.898. The van der Waals surface area contributed by atoms with Gasteiger partial charge in [-0.1, -0.05) is 6.92 Å². The fraction of sp³-hybridized carbons (Fsp3) is 0.667. The molecule has 1 rings (SSSR count). The van der Waals surface area contributed by atoms with Gasteiger partial charge in [0.25, 0.3) is 0 Å². The Bertz CT molecular complexity index is 211. The van der Waals surface area contributed by atoms with Crippen LogP contribution in [0.4, 0.5) is 0 Å². The second-order valence-electron chi connectivity index (χ2n) is 3.00. The van der Waals surface area contributed by atoms with Crippen molar-refractivity contribution < 1.29 is 0 Å². The summed E-state index contributed by atoms with van der Waals surface area (Å²) in [5.74, 6) is 0. The third kappa shape index (κ3) is 4.36. The first-order chi connectivity index (χ1) is 6.33. The maximum Gasteiger partial charge on any atom is 0.106 e. The first-order valence-corrected chi connectivity index (χ1v) is 5.48. The van der Waals surface area contributed by atoms with Crippen LogP contribution in [-0.2, 0) is 6.54 Å². The minimum atomic E-state index is 0.898. The van der Waals surface area contributed by atoms with E-state index in [2.05, 4.69) is 29.2 Å². The highest BCUT2D eigenvalue weighted by Crippen LogP contribution is 2.01. The smallest absolute Gasteiger partial charge is 0.106 e. The monoisotopic (exact) mass is 199 g/mol. The lowest BCUT2D eigenvalue weighted by molar-refractivity contribution is 0.349. The van der Waals surface area contributed by atoms with E-state index in [0.717, 1.165) is 26.2 Å². The Hall–Kier alpha value is -0.450.